The molecule has 1 aliphatic heterocycles. The summed E-state index contributed by atoms with van der Waals surface area (Å²) in [7, 11) is 0. The molecule has 7 nitrogen and oxygen atoms in total. The molecule has 0 radical (unpaired) electrons. The summed E-state index contributed by atoms with van der Waals surface area (Å²) in [5.74, 6) is -2.19. The number of carbonyl (C=O) groups is 4. The number of ketones is 2. The van der Waals surface area contributed by atoms with E-state index in [-0.39, 0.29) is 35.7 Å². The summed E-state index contributed by atoms with van der Waals surface area (Å²) in [5, 5.41) is 0. The first kappa shape index (κ1) is 24.1. The molecule has 1 rings (SSSR count). The fraction of sp³-hybridized carbons (Fsp3) is 0.810. The summed E-state index contributed by atoms with van der Waals surface area (Å²) in [4.78, 5) is 49.4. The van der Waals surface area contributed by atoms with Crippen molar-refractivity contribution in [2.45, 2.75) is 85.4 Å². The van der Waals surface area contributed by atoms with Crippen molar-refractivity contribution < 1.29 is 28.7 Å². The Balaban J connectivity index is 3.26. The highest BCUT2D eigenvalue weighted by Crippen LogP contribution is 2.32. The molecule has 0 bridgehead atoms. The summed E-state index contributed by atoms with van der Waals surface area (Å²) in [5.41, 5.74) is 3.99. The van der Waals surface area contributed by atoms with Crippen LogP contribution in [0, 0.1) is 23.7 Å². The topological polar surface area (TPSA) is 113 Å². The van der Waals surface area contributed by atoms with Crippen molar-refractivity contribution in [3.8, 4) is 0 Å². The first-order valence-corrected chi connectivity index (χ1v) is 10.2. The van der Waals surface area contributed by atoms with Gasteiger partial charge in [-0.1, -0.05) is 27.7 Å². The smallest absolute Gasteiger partial charge is 0.405 e. The second-order valence-corrected chi connectivity index (χ2v) is 8.54. The molecular weight excluding hydrogens is 362 g/mol. The first-order valence-electron chi connectivity index (χ1n) is 10.2. The number of Topliss-reactive ketones (excluding diaryl/α,β-unsaturated/α-hetero) is 2. The maximum atomic E-state index is 12.6. The van der Waals surface area contributed by atoms with Gasteiger partial charge in [-0.05, 0) is 39.0 Å². The summed E-state index contributed by atoms with van der Waals surface area (Å²) >= 11 is 0. The van der Waals surface area contributed by atoms with E-state index in [0.29, 0.717) is 25.7 Å². The molecule has 0 spiro atoms. The number of esters is 1. The standard InChI is InChI=1S/C21H35NO6/c1-7-17-21(6,28-20(22)26)11-14(4)16(23)9-8-12(2)10-13(3)18(24)15(5)19(25)27-17/h12-15,17H,7-11H2,1-6H3,(H2,22,26)/t12-,13+,14+,15?,17+,21-/m0/s1. The number of hydrogen-bond acceptors (Lipinski definition) is 6. The Morgan fingerprint density at radius 1 is 1.18 bits per heavy atom. The number of primary amides is 1. The van der Waals surface area contributed by atoms with Crippen LogP contribution in [0.4, 0.5) is 4.79 Å². The maximum absolute atomic E-state index is 12.6. The van der Waals surface area contributed by atoms with Gasteiger partial charge < -0.3 is 15.2 Å². The molecule has 0 aromatic carbocycles. The van der Waals surface area contributed by atoms with Crippen molar-refractivity contribution in [3.63, 3.8) is 0 Å². The third-order valence-corrected chi connectivity index (χ3v) is 5.81. The molecule has 0 saturated carbocycles. The number of hydrogen-bond donors (Lipinski definition) is 1. The van der Waals surface area contributed by atoms with E-state index in [1.165, 1.54) is 0 Å². The first-order chi connectivity index (χ1) is 12.9. The quantitative estimate of drug-likeness (QED) is 0.564. The number of carbonyl (C=O) groups excluding carboxylic acids is 4. The van der Waals surface area contributed by atoms with Crippen molar-refractivity contribution >= 4 is 23.6 Å². The number of rotatable bonds is 2. The molecule has 1 saturated heterocycles. The zero-order valence-corrected chi connectivity index (χ0v) is 17.9. The highest BCUT2D eigenvalue weighted by atomic mass is 16.6. The zero-order chi connectivity index (χ0) is 21.6. The minimum atomic E-state index is -1.25. The Morgan fingerprint density at radius 3 is 2.32 bits per heavy atom. The van der Waals surface area contributed by atoms with E-state index >= 15 is 0 Å². The van der Waals surface area contributed by atoms with Crippen molar-refractivity contribution in [1.82, 2.24) is 0 Å². The molecule has 1 heterocycles. The predicted molar refractivity (Wildman–Crippen MR) is 104 cm³/mol. The highest BCUT2D eigenvalue weighted by molar-refractivity contribution is 5.99. The Morgan fingerprint density at radius 2 is 1.79 bits per heavy atom. The van der Waals surface area contributed by atoms with E-state index in [4.69, 9.17) is 15.2 Å². The van der Waals surface area contributed by atoms with Gasteiger partial charge in [0.2, 0.25) is 0 Å². The largest absolute Gasteiger partial charge is 0.458 e. The molecule has 6 atom stereocenters. The van der Waals surface area contributed by atoms with Gasteiger partial charge in [-0.15, -0.1) is 0 Å². The van der Waals surface area contributed by atoms with Gasteiger partial charge in [0.15, 0.2) is 0 Å². The number of amides is 1. The van der Waals surface area contributed by atoms with Crippen LogP contribution in [0.3, 0.4) is 0 Å². The van der Waals surface area contributed by atoms with Gasteiger partial charge in [-0.2, -0.15) is 0 Å². The summed E-state index contributed by atoms with van der Waals surface area (Å²) in [6, 6.07) is 0. The molecule has 1 aliphatic rings. The molecule has 160 valence electrons. The Hall–Kier alpha value is -1.92. The van der Waals surface area contributed by atoms with Gasteiger partial charge in [0.1, 0.15) is 29.2 Å². The van der Waals surface area contributed by atoms with E-state index < -0.39 is 29.7 Å². The minimum Gasteiger partial charge on any atom is -0.458 e. The van der Waals surface area contributed by atoms with Gasteiger partial charge in [0.25, 0.3) is 0 Å². The third kappa shape index (κ3) is 6.31. The molecule has 0 aliphatic carbocycles. The van der Waals surface area contributed by atoms with Crippen LogP contribution >= 0.6 is 0 Å². The van der Waals surface area contributed by atoms with Gasteiger partial charge in [-0.3, -0.25) is 14.4 Å². The van der Waals surface area contributed by atoms with E-state index in [9.17, 15) is 19.2 Å². The van der Waals surface area contributed by atoms with Crippen LogP contribution < -0.4 is 5.73 Å². The molecular formula is C21H35NO6. The molecule has 2 N–H and O–H groups in total. The SMILES string of the molecule is CC[C@H]1OC(=O)C(C)C(=O)[C@H](C)C[C@@H](C)CCC(=O)[C@H](C)C[C@]1(C)OC(N)=O. The van der Waals surface area contributed by atoms with Gasteiger partial charge >= 0.3 is 12.1 Å². The average Bonchev–Trinajstić information content (AvgIpc) is 2.60. The minimum absolute atomic E-state index is 0.0525. The van der Waals surface area contributed by atoms with Crippen LogP contribution in [0.1, 0.15) is 73.6 Å². The van der Waals surface area contributed by atoms with Crippen LogP contribution in [-0.4, -0.2) is 35.3 Å². The maximum Gasteiger partial charge on any atom is 0.405 e. The van der Waals surface area contributed by atoms with Crippen molar-refractivity contribution in [3.05, 3.63) is 0 Å². The number of ether oxygens (including phenoxy) is 2. The molecule has 1 fully saturated rings. The van der Waals surface area contributed by atoms with Gasteiger partial charge in [-0.25, -0.2) is 4.79 Å². The Bertz CT molecular complexity index is 604. The molecule has 1 amide bonds. The fourth-order valence-electron chi connectivity index (χ4n) is 4.09. The third-order valence-electron chi connectivity index (χ3n) is 5.81. The van der Waals surface area contributed by atoms with E-state index in [1.807, 2.05) is 6.92 Å². The highest BCUT2D eigenvalue weighted by Gasteiger charge is 2.43. The monoisotopic (exact) mass is 397 g/mol. The second kappa shape index (κ2) is 10.0. The van der Waals surface area contributed by atoms with Crippen molar-refractivity contribution in [2.75, 3.05) is 0 Å². The molecule has 0 aromatic heterocycles. The fourth-order valence-corrected chi connectivity index (χ4v) is 4.09. The zero-order valence-electron chi connectivity index (χ0n) is 17.9. The van der Waals surface area contributed by atoms with E-state index in [2.05, 4.69) is 0 Å². The average molecular weight is 398 g/mol. The number of cyclic esters (lactones) is 1. The van der Waals surface area contributed by atoms with E-state index in [1.54, 1.807) is 34.6 Å². The van der Waals surface area contributed by atoms with Gasteiger partial charge in [0.05, 0.1) is 0 Å². The van der Waals surface area contributed by atoms with Crippen LogP contribution in [0.25, 0.3) is 0 Å². The molecule has 0 aromatic rings. The lowest BCUT2D eigenvalue weighted by molar-refractivity contribution is -0.172. The molecule has 28 heavy (non-hydrogen) atoms. The summed E-state index contributed by atoms with van der Waals surface area (Å²) in [6.45, 7) is 10.5. The lowest BCUT2D eigenvalue weighted by atomic mass is 9.81. The Kier molecular flexibility index (Phi) is 8.64. The predicted octanol–water partition coefficient (Wildman–Crippen LogP) is 3.42. The Labute approximate surface area is 167 Å². The lowest BCUT2D eigenvalue weighted by Crippen LogP contribution is -2.49. The molecule has 1 unspecified atom stereocenters. The van der Waals surface area contributed by atoms with Crippen LogP contribution in [0.5, 0.6) is 0 Å². The molecule has 7 heteroatoms. The number of nitrogens with two attached hydrogens (primary N) is 1. The lowest BCUT2D eigenvalue weighted by Gasteiger charge is -2.37. The van der Waals surface area contributed by atoms with Crippen LogP contribution in [0.15, 0.2) is 0 Å². The van der Waals surface area contributed by atoms with Gasteiger partial charge in [0, 0.05) is 24.7 Å². The van der Waals surface area contributed by atoms with Crippen LogP contribution in [0.2, 0.25) is 0 Å². The van der Waals surface area contributed by atoms with Crippen LogP contribution in [-0.2, 0) is 23.9 Å². The van der Waals surface area contributed by atoms with Crippen molar-refractivity contribution in [1.29, 1.82) is 0 Å². The normalized spacial score (nSPS) is 36.4. The summed E-state index contributed by atoms with van der Waals surface area (Å²) in [6.07, 6.45) is 0.418. The van der Waals surface area contributed by atoms with Crippen molar-refractivity contribution in [2.24, 2.45) is 29.4 Å². The second-order valence-electron chi connectivity index (χ2n) is 8.54. The summed E-state index contributed by atoms with van der Waals surface area (Å²) < 4.78 is 10.9. The van der Waals surface area contributed by atoms with E-state index in [0.717, 1.165) is 0 Å².